The van der Waals surface area contributed by atoms with Crippen LogP contribution in [0.2, 0.25) is 0 Å². The van der Waals surface area contributed by atoms with E-state index in [1.165, 1.54) is 0 Å². The maximum absolute atomic E-state index is 11.2. The Morgan fingerprint density at radius 1 is 1.14 bits per heavy atom. The lowest BCUT2D eigenvalue weighted by atomic mass is 10.1. The Bertz CT molecular complexity index is 1170. The van der Waals surface area contributed by atoms with Crippen molar-refractivity contribution in [2.75, 3.05) is 12.4 Å². The Morgan fingerprint density at radius 2 is 1.93 bits per heavy atom. The van der Waals surface area contributed by atoms with E-state index in [-0.39, 0.29) is 5.56 Å². The highest BCUT2D eigenvalue weighted by molar-refractivity contribution is 5.90. The van der Waals surface area contributed by atoms with Crippen molar-refractivity contribution in [1.82, 2.24) is 14.6 Å². The van der Waals surface area contributed by atoms with E-state index in [0.29, 0.717) is 17.2 Å². The number of carboxylic acids is 1. The van der Waals surface area contributed by atoms with E-state index < -0.39 is 5.97 Å². The van der Waals surface area contributed by atoms with Crippen molar-refractivity contribution in [2.24, 2.45) is 0 Å². The van der Waals surface area contributed by atoms with Crippen molar-refractivity contribution < 1.29 is 14.6 Å². The van der Waals surface area contributed by atoms with Gasteiger partial charge in [-0.2, -0.15) is 4.98 Å². The zero-order valence-electron chi connectivity index (χ0n) is 15.4. The van der Waals surface area contributed by atoms with Gasteiger partial charge in [0.05, 0.1) is 12.7 Å². The van der Waals surface area contributed by atoms with Crippen molar-refractivity contribution in [3.05, 3.63) is 71.9 Å². The fourth-order valence-corrected chi connectivity index (χ4v) is 3.07. The first-order valence-electron chi connectivity index (χ1n) is 8.66. The van der Waals surface area contributed by atoms with Gasteiger partial charge in [-0.05, 0) is 60.5 Å². The molecule has 140 valence electrons. The summed E-state index contributed by atoms with van der Waals surface area (Å²) in [5.74, 6) is 0.280. The first kappa shape index (κ1) is 17.5. The van der Waals surface area contributed by atoms with Gasteiger partial charge in [0.2, 0.25) is 5.95 Å². The number of carboxylic acid groups (broad SMARTS) is 1. The molecule has 4 aromatic rings. The molecule has 0 fully saturated rings. The monoisotopic (exact) mass is 374 g/mol. The molecular formula is C21H18N4O3. The molecule has 2 aromatic heterocycles. The first-order valence-corrected chi connectivity index (χ1v) is 8.66. The molecule has 0 atom stereocenters. The molecule has 0 aliphatic carbocycles. The highest BCUT2D eigenvalue weighted by Crippen LogP contribution is 2.27. The maximum atomic E-state index is 11.2. The Labute approximate surface area is 161 Å². The first-order chi connectivity index (χ1) is 13.5. The molecule has 4 rings (SSSR count). The van der Waals surface area contributed by atoms with Crippen molar-refractivity contribution in [3.63, 3.8) is 0 Å². The van der Waals surface area contributed by atoms with Crippen LogP contribution < -0.4 is 10.1 Å². The number of hydrogen-bond donors (Lipinski definition) is 2. The van der Waals surface area contributed by atoms with E-state index in [0.717, 1.165) is 22.6 Å². The molecule has 0 spiro atoms. The lowest BCUT2D eigenvalue weighted by Crippen LogP contribution is -2.01. The summed E-state index contributed by atoms with van der Waals surface area (Å²) in [5.41, 5.74) is 4.34. The third kappa shape index (κ3) is 3.25. The molecule has 0 radical (unpaired) electrons. The lowest BCUT2D eigenvalue weighted by molar-refractivity contribution is 0.0696. The SMILES string of the molecule is COc1ccc(-c2cccn3nc(Nc4ccc(C(=O)O)c(C)c4)nc23)cc1. The third-order valence-electron chi connectivity index (χ3n) is 4.48. The van der Waals surface area contributed by atoms with Gasteiger partial charge >= 0.3 is 5.97 Å². The smallest absolute Gasteiger partial charge is 0.335 e. The second kappa shape index (κ2) is 7.03. The van der Waals surface area contributed by atoms with Gasteiger partial charge < -0.3 is 15.2 Å². The van der Waals surface area contributed by atoms with Crippen LogP contribution in [0.25, 0.3) is 16.8 Å². The maximum Gasteiger partial charge on any atom is 0.335 e. The number of methoxy groups -OCH3 is 1. The molecule has 0 saturated heterocycles. The van der Waals surface area contributed by atoms with Crippen LogP contribution in [-0.4, -0.2) is 32.8 Å². The van der Waals surface area contributed by atoms with E-state index >= 15 is 0 Å². The Kier molecular flexibility index (Phi) is 4.41. The normalized spacial score (nSPS) is 10.8. The summed E-state index contributed by atoms with van der Waals surface area (Å²) in [6, 6.07) is 16.7. The van der Waals surface area contributed by atoms with Crippen LogP contribution in [0.5, 0.6) is 5.75 Å². The van der Waals surface area contributed by atoms with Crippen LogP contribution in [0, 0.1) is 6.92 Å². The van der Waals surface area contributed by atoms with E-state index in [4.69, 9.17) is 9.84 Å². The fraction of sp³-hybridized carbons (Fsp3) is 0.0952. The molecule has 0 bridgehead atoms. The number of hydrogen-bond acceptors (Lipinski definition) is 5. The number of pyridine rings is 1. The molecule has 7 heteroatoms. The quantitative estimate of drug-likeness (QED) is 0.545. The lowest BCUT2D eigenvalue weighted by Gasteiger charge is -2.05. The number of fused-ring (bicyclic) bond motifs is 1. The molecule has 0 aliphatic rings. The van der Waals surface area contributed by atoms with E-state index in [9.17, 15) is 4.79 Å². The van der Waals surface area contributed by atoms with Crippen molar-refractivity contribution in [3.8, 4) is 16.9 Å². The molecule has 0 amide bonds. The third-order valence-corrected chi connectivity index (χ3v) is 4.48. The van der Waals surface area contributed by atoms with Crippen molar-refractivity contribution >= 4 is 23.3 Å². The Morgan fingerprint density at radius 3 is 2.61 bits per heavy atom. The molecule has 2 heterocycles. The molecule has 7 nitrogen and oxygen atoms in total. The minimum atomic E-state index is -0.945. The van der Waals surface area contributed by atoms with Gasteiger partial charge in [0.1, 0.15) is 5.75 Å². The summed E-state index contributed by atoms with van der Waals surface area (Å²) in [4.78, 5) is 15.8. The predicted octanol–water partition coefficient (Wildman–Crippen LogP) is 4.16. The molecular weight excluding hydrogens is 356 g/mol. The molecule has 0 aliphatic heterocycles. The van der Waals surface area contributed by atoms with Crippen LogP contribution in [0.4, 0.5) is 11.6 Å². The number of aryl methyl sites for hydroxylation is 1. The summed E-state index contributed by atoms with van der Waals surface area (Å²) < 4.78 is 6.92. The van der Waals surface area contributed by atoms with Crippen molar-refractivity contribution in [1.29, 1.82) is 0 Å². The topological polar surface area (TPSA) is 88.8 Å². The largest absolute Gasteiger partial charge is 0.497 e. The van der Waals surface area contributed by atoms with Gasteiger partial charge in [0.25, 0.3) is 0 Å². The number of rotatable bonds is 5. The minimum Gasteiger partial charge on any atom is -0.497 e. The van der Waals surface area contributed by atoms with E-state index in [1.807, 2.05) is 42.6 Å². The molecule has 2 aromatic carbocycles. The van der Waals surface area contributed by atoms with Crippen LogP contribution in [0.3, 0.4) is 0 Å². The predicted molar refractivity (Wildman–Crippen MR) is 106 cm³/mol. The fourth-order valence-electron chi connectivity index (χ4n) is 3.07. The van der Waals surface area contributed by atoms with Gasteiger partial charge in [-0.25, -0.2) is 9.31 Å². The number of carbonyl (C=O) groups is 1. The highest BCUT2D eigenvalue weighted by Gasteiger charge is 2.12. The van der Waals surface area contributed by atoms with Gasteiger partial charge in [-0.15, -0.1) is 5.10 Å². The van der Waals surface area contributed by atoms with E-state index in [2.05, 4.69) is 15.4 Å². The number of nitrogens with zero attached hydrogens (tertiary/aromatic N) is 3. The number of benzene rings is 2. The van der Waals surface area contributed by atoms with Gasteiger partial charge in [-0.1, -0.05) is 12.1 Å². The van der Waals surface area contributed by atoms with Gasteiger partial charge in [0, 0.05) is 17.4 Å². The molecule has 2 N–H and O–H groups in total. The zero-order valence-corrected chi connectivity index (χ0v) is 15.4. The minimum absolute atomic E-state index is 0.273. The van der Waals surface area contributed by atoms with Gasteiger partial charge in [0.15, 0.2) is 5.65 Å². The molecule has 28 heavy (non-hydrogen) atoms. The summed E-state index contributed by atoms with van der Waals surface area (Å²) in [5, 5.41) is 16.8. The van der Waals surface area contributed by atoms with Crippen LogP contribution >= 0.6 is 0 Å². The summed E-state index contributed by atoms with van der Waals surface area (Å²) in [6.07, 6.45) is 1.83. The second-order valence-corrected chi connectivity index (χ2v) is 6.31. The standard InChI is InChI=1S/C21H18N4O3/c1-13-12-15(7-10-17(13)20(26)27)22-21-23-19-18(4-3-11-25(19)24-21)14-5-8-16(28-2)9-6-14/h3-12H,1-2H3,(H,22,24)(H,26,27). The number of aromatic carboxylic acids is 1. The van der Waals surface area contributed by atoms with Crippen LogP contribution in [-0.2, 0) is 0 Å². The Hall–Kier alpha value is -3.87. The Balaban J connectivity index is 1.68. The average molecular weight is 374 g/mol. The van der Waals surface area contributed by atoms with E-state index in [1.54, 1.807) is 36.7 Å². The summed E-state index contributed by atoms with van der Waals surface area (Å²) >= 11 is 0. The van der Waals surface area contributed by atoms with Crippen LogP contribution in [0.15, 0.2) is 60.8 Å². The highest BCUT2D eigenvalue weighted by atomic mass is 16.5. The number of aromatic nitrogens is 3. The molecule has 0 saturated carbocycles. The number of nitrogens with one attached hydrogen (secondary N) is 1. The van der Waals surface area contributed by atoms with Crippen molar-refractivity contribution in [2.45, 2.75) is 6.92 Å². The average Bonchev–Trinajstić information content (AvgIpc) is 3.10. The number of ether oxygens (including phenoxy) is 1. The molecule has 0 unspecified atom stereocenters. The zero-order chi connectivity index (χ0) is 19.7. The summed E-state index contributed by atoms with van der Waals surface area (Å²) in [7, 11) is 1.64. The summed E-state index contributed by atoms with van der Waals surface area (Å²) in [6.45, 7) is 1.76. The van der Waals surface area contributed by atoms with Crippen LogP contribution in [0.1, 0.15) is 15.9 Å². The number of anilines is 2. The van der Waals surface area contributed by atoms with Gasteiger partial charge in [-0.3, -0.25) is 0 Å². The second-order valence-electron chi connectivity index (χ2n) is 6.31.